The monoisotopic (exact) mass is 393 g/mol. The molecular weight excluding hydrogens is 370 g/mol. The Kier molecular flexibility index (Phi) is 4.87. The minimum absolute atomic E-state index is 0.0125. The van der Waals surface area contributed by atoms with Gasteiger partial charge in [-0.05, 0) is 13.8 Å². The van der Waals surface area contributed by atoms with Crippen molar-refractivity contribution in [2.45, 2.75) is 49.8 Å². The summed E-state index contributed by atoms with van der Waals surface area (Å²) in [4.78, 5) is 10.5. The predicted molar refractivity (Wildman–Crippen MR) is 96.0 cm³/mol. The van der Waals surface area contributed by atoms with Gasteiger partial charge in [0.15, 0.2) is 9.84 Å². The van der Waals surface area contributed by atoms with Gasteiger partial charge in [-0.3, -0.25) is 15.0 Å². The molecular formula is C17H23N5O4S. The lowest BCUT2D eigenvalue weighted by atomic mass is 9.92. The minimum Gasteiger partial charge on any atom is -0.473 e. The molecule has 2 aliphatic heterocycles. The van der Waals surface area contributed by atoms with E-state index >= 15 is 0 Å². The standard InChI is InChI=1S/C17H23N5O4S/c1-11-17(12(2)21-20-11)27(23,24)10-22-13-5-15(6-14(22)9-25-8-13)26-16-7-18-3-4-19-16/h3-4,7,13-15H,5-6,8-10H2,1-2H3,(H,20,21)/t13-,14+,15-. The van der Waals surface area contributed by atoms with Gasteiger partial charge < -0.3 is 9.47 Å². The van der Waals surface area contributed by atoms with Crippen LogP contribution in [-0.4, -0.2) is 70.8 Å². The number of morpholine rings is 1. The van der Waals surface area contributed by atoms with E-state index in [1.807, 2.05) is 4.90 Å². The lowest BCUT2D eigenvalue weighted by Crippen LogP contribution is -2.60. The van der Waals surface area contributed by atoms with Gasteiger partial charge in [-0.2, -0.15) is 5.10 Å². The molecule has 0 amide bonds. The molecule has 2 fully saturated rings. The van der Waals surface area contributed by atoms with E-state index in [1.165, 1.54) is 0 Å². The number of aromatic nitrogens is 4. The molecule has 0 aliphatic carbocycles. The Morgan fingerprint density at radius 1 is 1.26 bits per heavy atom. The number of ether oxygens (including phenoxy) is 2. The van der Waals surface area contributed by atoms with Gasteiger partial charge >= 0.3 is 0 Å². The lowest BCUT2D eigenvalue weighted by Gasteiger charge is -2.47. The van der Waals surface area contributed by atoms with Crippen molar-refractivity contribution >= 4 is 9.84 Å². The number of fused-ring (bicyclic) bond motifs is 2. The lowest BCUT2D eigenvalue weighted by molar-refractivity contribution is -0.0923. The van der Waals surface area contributed by atoms with Crippen molar-refractivity contribution in [3.05, 3.63) is 30.0 Å². The number of aromatic amines is 1. The zero-order valence-electron chi connectivity index (χ0n) is 15.3. The van der Waals surface area contributed by atoms with Crippen LogP contribution in [0.15, 0.2) is 23.5 Å². The maximum atomic E-state index is 13.0. The van der Waals surface area contributed by atoms with Gasteiger partial charge in [0.2, 0.25) is 5.88 Å². The number of H-pyrrole nitrogens is 1. The van der Waals surface area contributed by atoms with Crippen LogP contribution in [0.1, 0.15) is 24.2 Å². The maximum Gasteiger partial charge on any atom is 0.232 e. The molecule has 0 aromatic carbocycles. The Labute approximate surface area is 158 Å². The van der Waals surface area contributed by atoms with E-state index in [4.69, 9.17) is 9.47 Å². The van der Waals surface area contributed by atoms with Crippen LogP contribution in [0, 0.1) is 13.8 Å². The van der Waals surface area contributed by atoms with E-state index in [1.54, 1.807) is 32.4 Å². The Balaban J connectivity index is 1.50. The van der Waals surface area contributed by atoms with Gasteiger partial charge in [0.25, 0.3) is 0 Å². The van der Waals surface area contributed by atoms with E-state index in [2.05, 4.69) is 20.2 Å². The third-order valence-corrected chi connectivity index (χ3v) is 7.01. The van der Waals surface area contributed by atoms with E-state index in [9.17, 15) is 8.42 Å². The van der Waals surface area contributed by atoms with Gasteiger partial charge in [-0.25, -0.2) is 13.4 Å². The molecule has 0 saturated carbocycles. The van der Waals surface area contributed by atoms with Gasteiger partial charge in [-0.15, -0.1) is 0 Å². The summed E-state index contributed by atoms with van der Waals surface area (Å²) >= 11 is 0. The van der Waals surface area contributed by atoms with Crippen LogP contribution in [0.3, 0.4) is 0 Å². The first-order chi connectivity index (χ1) is 12.9. The van der Waals surface area contributed by atoms with Crippen molar-refractivity contribution in [2.24, 2.45) is 0 Å². The van der Waals surface area contributed by atoms with Gasteiger partial charge in [-0.1, -0.05) is 0 Å². The highest BCUT2D eigenvalue weighted by Gasteiger charge is 2.42. The highest BCUT2D eigenvalue weighted by molar-refractivity contribution is 7.91. The molecule has 2 aromatic rings. The molecule has 4 rings (SSSR count). The summed E-state index contributed by atoms with van der Waals surface area (Å²) < 4.78 is 37.7. The Hall–Kier alpha value is -2.04. The number of hydrogen-bond donors (Lipinski definition) is 1. The Morgan fingerprint density at radius 2 is 2.00 bits per heavy atom. The first kappa shape index (κ1) is 18.3. The van der Waals surface area contributed by atoms with Gasteiger partial charge in [0, 0.05) is 37.3 Å². The van der Waals surface area contributed by atoms with E-state index in [0.29, 0.717) is 48.2 Å². The highest BCUT2D eigenvalue weighted by atomic mass is 32.2. The fraction of sp³-hybridized carbons (Fsp3) is 0.588. The summed E-state index contributed by atoms with van der Waals surface area (Å²) in [7, 11) is -3.48. The summed E-state index contributed by atoms with van der Waals surface area (Å²) in [6, 6.07) is -0.0251. The second-order valence-corrected chi connectivity index (χ2v) is 9.02. The summed E-state index contributed by atoms with van der Waals surface area (Å²) in [5, 5.41) is 6.79. The van der Waals surface area contributed by atoms with Gasteiger partial charge in [0.05, 0.1) is 30.8 Å². The van der Waals surface area contributed by atoms with Crippen molar-refractivity contribution < 1.29 is 17.9 Å². The quantitative estimate of drug-likeness (QED) is 0.796. The van der Waals surface area contributed by atoms with Crippen LogP contribution in [0.25, 0.3) is 0 Å². The molecule has 2 bridgehead atoms. The van der Waals surface area contributed by atoms with Crippen LogP contribution in [0.4, 0.5) is 0 Å². The summed E-state index contributed by atoms with van der Waals surface area (Å²) in [5.74, 6) is 0.456. The van der Waals surface area contributed by atoms with Crippen LogP contribution < -0.4 is 4.74 Å². The molecule has 27 heavy (non-hydrogen) atoms. The van der Waals surface area contributed by atoms with Crippen molar-refractivity contribution in [1.29, 1.82) is 0 Å². The fourth-order valence-electron chi connectivity index (χ4n) is 4.02. The van der Waals surface area contributed by atoms with Crippen molar-refractivity contribution in [1.82, 2.24) is 25.1 Å². The first-order valence-electron chi connectivity index (χ1n) is 8.94. The molecule has 4 heterocycles. The summed E-state index contributed by atoms with van der Waals surface area (Å²) in [6.45, 7) is 4.44. The number of piperidine rings is 1. The second-order valence-electron chi connectivity index (χ2n) is 7.12. The average Bonchev–Trinajstić information content (AvgIpc) is 2.95. The fourth-order valence-corrected chi connectivity index (χ4v) is 5.97. The smallest absolute Gasteiger partial charge is 0.232 e. The SMILES string of the molecule is Cc1n[nH]c(C)c1S(=O)(=O)CN1[C@@H]2COC[C@H]1C[C@@H](Oc1cnccn1)C2. The van der Waals surface area contributed by atoms with Crippen LogP contribution in [-0.2, 0) is 14.6 Å². The maximum absolute atomic E-state index is 13.0. The molecule has 0 spiro atoms. The Morgan fingerprint density at radius 3 is 2.59 bits per heavy atom. The molecule has 2 aliphatic rings. The van der Waals surface area contributed by atoms with Crippen molar-refractivity contribution in [2.75, 3.05) is 19.1 Å². The second kappa shape index (κ2) is 7.17. The van der Waals surface area contributed by atoms with E-state index in [0.717, 1.165) is 0 Å². The number of rotatable bonds is 5. The molecule has 0 unspecified atom stereocenters. The molecule has 2 aromatic heterocycles. The Bertz CT molecular complexity index is 868. The molecule has 9 nitrogen and oxygen atoms in total. The predicted octanol–water partition coefficient (Wildman–Crippen LogP) is 0.859. The topological polar surface area (TPSA) is 110 Å². The first-order valence-corrected chi connectivity index (χ1v) is 10.6. The minimum atomic E-state index is -3.48. The van der Waals surface area contributed by atoms with Gasteiger partial charge in [0.1, 0.15) is 16.9 Å². The third kappa shape index (κ3) is 3.69. The molecule has 3 atom stereocenters. The zero-order valence-corrected chi connectivity index (χ0v) is 16.1. The molecule has 146 valence electrons. The molecule has 2 saturated heterocycles. The zero-order chi connectivity index (χ0) is 19.0. The number of nitrogens with one attached hydrogen (secondary N) is 1. The van der Waals surface area contributed by atoms with E-state index in [-0.39, 0.29) is 24.1 Å². The molecule has 0 radical (unpaired) electrons. The van der Waals surface area contributed by atoms with Crippen LogP contribution in [0.5, 0.6) is 5.88 Å². The highest BCUT2D eigenvalue weighted by Crippen LogP contribution is 2.32. The van der Waals surface area contributed by atoms with Crippen molar-refractivity contribution in [3.8, 4) is 5.88 Å². The molecule has 10 heteroatoms. The number of sulfone groups is 1. The number of aryl methyl sites for hydroxylation is 2. The summed E-state index contributed by atoms with van der Waals surface area (Å²) in [5.41, 5.74) is 1.09. The normalized spacial score (nSPS) is 26.1. The number of nitrogens with zero attached hydrogens (tertiary/aromatic N) is 4. The van der Waals surface area contributed by atoms with Crippen LogP contribution >= 0.6 is 0 Å². The summed E-state index contributed by atoms with van der Waals surface area (Å²) in [6.07, 6.45) is 6.13. The van der Waals surface area contributed by atoms with E-state index < -0.39 is 9.84 Å². The molecule has 1 N–H and O–H groups in total. The average molecular weight is 393 g/mol. The number of hydrogen-bond acceptors (Lipinski definition) is 8. The third-order valence-electron chi connectivity index (χ3n) is 5.15. The van der Waals surface area contributed by atoms with Crippen molar-refractivity contribution in [3.63, 3.8) is 0 Å². The van der Waals surface area contributed by atoms with Crippen LogP contribution in [0.2, 0.25) is 0 Å². The largest absolute Gasteiger partial charge is 0.473 e.